The van der Waals surface area contributed by atoms with E-state index < -0.39 is 0 Å². The Balaban J connectivity index is 1.08. The van der Waals surface area contributed by atoms with Crippen molar-refractivity contribution in [2.45, 2.75) is 12.3 Å². The molecule has 0 aliphatic heterocycles. The van der Waals surface area contributed by atoms with Gasteiger partial charge in [-0.25, -0.2) is 9.97 Å². The van der Waals surface area contributed by atoms with Gasteiger partial charge in [0.2, 0.25) is 0 Å². The molecule has 0 bridgehead atoms. The number of nitrogens with zero attached hydrogens (tertiary/aromatic N) is 2. The second kappa shape index (κ2) is 12.4. The molecule has 258 valence electrons. The maximum atomic E-state index is 5.32. The van der Waals surface area contributed by atoms with Crippen LogP contribution in [0.5, 0.6) is 0 Å². The van der Waals surface area contributed by atoms with Gasteiger partial charge in [0.1, 0.15) is 0 Å². The first-order valence-corrected chi connectivity index (χ1v) is 19.6. The molecule has 2 heterocycles. The number of hydrogen-bond acceptors (Lipinski definition) is 3. The lowest BCUT2D eigenvalue weighted by molar-refractivity contribution is 0.714. The quantitative estimate of drug-likeness (QED) is 0.177. The van der Waals surface area contributed by atoms with E-state index in [1.54, 1.807) is 0 Å². The summed E-state index contributed by atoms with van der Waals surface area (Å²) in [6.45, 7) is 2.36. The lowest BCUT2D eigenvalue weighted by Crippen LogP contribution is -2.22. The molecule has 0 N–H and O–H groups in total. The van der Waals surface area contributed by atoms with Crippen molar-refractivity contribution in [2.24, 2.45) is 0 Å². The van der Waals surface area contributed by atoms with Crippen molar-refractivity contribution in [3.8, 4) is 56.2 Å². The summed E-state index contributed by atoms with van der Waals surface area (Å²) in [4.78, 5) is 10.6. The van der Waals surface area contributed by atoms with Crippen LogP contribution in [0.15, 0.2) is 188 Å². The number of hydrogen-bond donors (Lipinski definition) is 0. The Morgan fingerprint density at radius 2 is 1.11 bits per heavy atom. The monoisotopic (exact) mass is 718 g/mol. The van der Waals surface area contributed by atoms with E-state index in [2.05, 4.69) is 189 Å². The van der Waals surface area contributed by atoms with Crippen molar-refractivity contribution in [3.05, 3.63) is 205 Å². The van der Waals surface area contributed by atoms with Gasteiger partial charge in [-0.1, -0.05) is 164 Å². The maximum absolute atomic E-state index is 5.32. The molecule has 11 rings (SSSR count). The third-order valence-electron chi connectivity index (χ3n) is 11.6. The normalized spacial score (nSPS) is 14.7. The van der Waals surface area contributed by atoms with Gasteiger partial charge >= 0.3 is 0 Å². The second-order valence-electron chi connectivity index (χ2n) is 14.6. The Morgan fingerprint density at radius 3 is 2.00 bits per heavy atom. The van der Waals surface area contributed by atoms with Gasteiger partial charge in [0.05, 0.1) is 11.4 Å². The summed E-state index contributed by atoms with van der Waals surface area (Å²) in [5.74, 6) is 0.714. The molecule has 0 spiro atoms. The highest BCUT2D eigenvalue weighted by Crippen LogP contribution is 2.55. The molecular weight excluding hydrogens is 685 g/mol. The van der Waals surface area contributed by atoms with Crippen molar-refractivity contribution in [3.63, 3.8) is 0 Å². The molecule has 1 atom stereocenters. The lowest BCUT2D eigenvalue weighted by atomic mass is 9.74. The summed E-state index contributed by atoms with van der Waals surface area (Å²) < 4.78 is 2.65. The number of rotatable bonds is 5. The van der Waals surface area contributed by atoms with Crippen LogP contribution in [0.1, 0.15) is 23.6 Å². The minimum absolute atomic E-state index is 0.294. The van der Waals surface area contributed by atoms with Crippen LogP contribution >= 0.6 is 11.3 Å². The Bertz CT molecular complexity index is 3110. The van der Waals surface area contributed by atoms with E-state index in [1.807, 2.05) is 17.4 Å². The van der Waals surface area contributed by atoms with Crippen LogP contribution in [0.2, 0.25) is 0 Å². The van der Waals surface area contributed by atoms with Crippen molar-refractivity contribution in [2.75, 3.05) is 0 Å². The third kappa shape index (κ3) is 5.01. The molecule has 10 aromatic rings. The Labute approximate surface area is 324 Å². The maximum Gasteiger partial charge on any atom is 0.160 e. The Hall–Kier alpha value is -6.68. The molecule has 0 saturated carbocycles. The minimum atomic E-state index is -0.294. The van der Waals surface area contributed by atoms with Crippen molar-refractivity contribution >= 4 is 42.3 Å². The standard InChI is InChI=1S/C52H34N2S/c1-52(38-19-6-3-7-20-38)44-24-11-10-22-41(44)49-42(23-13-25-45(49)52)47-32-46(53-51(54-47)34-15-4-2-5-16-34)37-18-12-17-35(30-37)36-27-29-48-43(31-36)40-28-26-33-14-8-9-21-39(33)50(40)55-48/h2-32H,1H3. The fourth-order valence-electron chi connectivity index (χ4n) is 8.83. The first kappa shape index (κ1) is 31.8. The zero-order valence-corrected chi connectivity index (χ0v) is 31.0. The topological polar surface area (TPSA) is 25.8 Å². The van der Waals surface area contributed by atoms with Crippen LogP contribution in [-0.2, 0) is 5.41 Å². The van der Waals surface area contributed by atoms with Crippen molar-refractivity contribution in [1.29, 1.82) is 0 Å². The molecule has 0 amide bonds. The van der Waals surface area contributed by atoms with Gasteiger partial charge in [0.15, 0.2) is 5.82 Å². The summed E-state index contributed by atoms with van der Waals surface area (Å²) in [7, 11) is 0. The predicted octanol–water partition coefficient (Wildman–Crippen LogP) is 14.0. The number of aromatic nitrogens is 2. The van der Waals surface area contributed by atoms with Gasteiger partial charge < -0.3 is 0 Å². The summed E-state index contributed by atoms with van der Waals surface area (Å²) in [6, 6.07) is 67.9. The molecule has 0 radical (unpaired) electrons. The number of thiophene rings is 1. The van der Waals surface area contributed by atoms with Crippen LogP contribution in [0.25, 0.3) is 87.1 Å². The molecule has 1 aliphatic rings. The van der Waals surface area contributed by atoms with E-state index >= 15 is 0 Å². The van der Waals surface area contributed by atoms with Gasteiger partial charge in [-0.05, 0) is 80.9 Å². The van der Waals surface area contributed by atoms with E-state index in [-0.39, 0.29) is 5.41 Å². The van der Waals surface area contributed by atoms with E-state index in [0.717, 1.165) is 33.6 Å². The van der Waals surface area contributed by atoms with Crippen LogP contribution < -0.4 is 0 Å². The highest BCUT2D eigenvalue weighted by Gasteiger charge is 2.41. The van der Waals surface area contributed by atoms with Crippen LogP contribution in [0.4, 0.5) is 0 Å². The molecule has 0 fully saturated rings. The van der Waals surface area contributed by atoms with E-state index in [4.69, 9.17) is 9.97 Å². The van der Waals surface area contributed by atoms with Crippen LogP contribution in [-0.4, -0.2) is 9.97 Å². The van der Waals surface area contributed by atoms with Gasteiger partial charge in [-0.3, -0.25) is 0 Å². The average Bonchev–Trinajstić information content (AvgIpc) is 3.77. The largest absolute Gasteiger partial charge is 0.228 e. The molecule has 55 heavy (non-hydrogen) atoms. The summed E-state index contributed by atoms with van der Waals surface area (Å²) in [5.41, 5.74) is 13.4. The molecule has 2 nitrogen and oxygen atoms in total. The summed E-state index contributed by atoms with van der Waals surface area (Å²) in [6.07, 6.45) is 0. The molecule has 0 saturated heterocycles. The van der Waals surface area contributed by atoms with Crippen molar-refractivity contribution in [1.82, 2.24) is 9.97 Å². The molecule has 1 unspecified atom stereocenters. The lowest BCUT2D eigenvalue weighted by Gasteiger charge is -2.28. The fraction of sp³-hybridized carbons (Fsp3) is 0.0385. The van der Waals surface area contributed by atoms with Gasteiger partial charge in [0, 0.05) is 42.3 Å². The molecule has 2 aromatic heterocycles. The Kier molecular flexibility index (Phi) is 7.20. The molecule has 1 aliphatic carbocycles. The predicted molar refractivity (Wildman–Crippen MR) is 232 cm³/mol. The minimum Gasteiger partial charge on any atom is -0.228 e. The zero-order valence-electron chi connectivity index (χ0n) is 30.2. The van der Waals surface area contributed by atoms with Gasteiger partial charge in [-0.15, -0.1) is 11.3 Å². The number of benzene rings is 8. The highest BCUT2D eigenvalue weighted by atomic mass is 32.1. The van der Waals surface area contributed by atoms with Crippen LogP contribution in [0, 0.1) is 0 Å². The first-order chi connectivity index (χ1) is 27.1. The average molecular weight is 719 g/mol. The van der Waals surface area contributed by atoms with Gasteiger partial charge in [0.25, 0.3) is 0 Å². The molecular formula is C52H34N2S. The summed E-state index contributed by atoms with van der Waals surface area (Å²) in [5, 5.41) is 5.20. The Morgan fingerprint density at radius 1 is 0.436 bits per heavy atom. The van der Waals surface area contributed by atoms with E-state index in [1.165, 1.54) is 64.3 Å². The molecule has 3 heteroatoms. The third-order valence-corrected chi connectivity index (χ3v) is 12.8. The zero-order chi connectivity index (χ0) is 36.5. The van der Waals surface area contributed by atoms with Crippen molar-refractivity contribution < 1.29 is 0 Å². The van der Waals surface area contributed by atoms with E-state index in [0.29, 0.717) is 5.82 Å². The smallest absolute Gasteiger partial charge is 0.160 e. The van der Waals surface area contributed by atoms with E-state index in [9.17, 15) is 0 Å². The van der Waals surface area contributed by atoms with Gasteiger partial charge in [-0.2, -0.15) is 0 Å². The SMILES string of the molecule is CC1(c2ccccc2)c2ccccc2-c2c(-c3cc(-c4cccc(-c5ccc6sc7c8ccccc8ccc7c6c5)c4)nc(-c4ccccc4)n3)cccc21. The van der Waals surface area contributed by atoms with Crippen LogP contribution in [0.3, 0.4) is 0 Å². The fourth-order valence-corrected chi connectivity index (χ4v) is 10.0. The highest BCUT2D eigenvalue weighted by molar-refractivity contribution is 7.26. The first-order valence-electron chi connectivity index (χ1n) is 18.8. The second-order valence-corrected chi connectivity index (χ2v) is 15.7. The molecule has 8 aromatic carbocycles. The summed E-state index contributed by atoms with van der Waals surface area (Å²) >= 11 is 1.88. The number of fused-ring (bicyclic) bond motifs is 8.